The SMILES string of the molecule is O=C(Nc1ccc(CCN2CCCC2)cc1)c1ccc(NS(=O)(=O)c2cccs2)cc1. The normalized spacial score (nSPS) is 14.5. The lowest BCUT2D eigenvalue weighted by Crippen LogP contribution is -2.21. The van der Waals surface area contributed by atoms with E-state index >= 15 is 0 Å². The van der Waals surface area contributed by atoms with E-state index in [9.17, 15) is 13.2 Å². The van der Waals surface area contributed by atoms with Crippen molar-refractivity contribution in [3.8, 4) is 0 Å². The Hall–Kier alpha value is -2.68. The first-order chi connectivity index (χ1) is 15.0. The van der Waals surface area contributed by atoms with E-state index in [4.69, 9.17) is 0 Å². The molecule has 3 aromatic rings. The van der Waals surface area contributed by atoms with Crippen LogP contribution in [0, 0.1) is 0 Å². The maximum atomic E-state index is 12.5. The van der Waals surface area contributed by atoms with Gasteiger partial charge in [0.05, 0.1) is 0 Å². The lowest BCUT2D eigenvalue weighted by Gasteiger charge is -2.14. The van der Waals surface area contributed by atoms with E-state index in [0.29, 0.717) is 11.3 Å². The zero-order valence-corrected chi connectivity index (χ0v) is 18.7. The van der Waals surface area contributed by atoms with Crippen LogP contribution in [0.3, 0.4) is 0 Å². The van der Waals surface area contributed by atoms with Crippen molar-refractivity contribution in [1.82, 2.24) is 4.90 Å². The maximum Gasteiger partial charge on any atom is 0.271 e. The van der Waals surface area contributed by atoms with Crippen LogP contribution in [0.25, 0.3) is 0 Å². The summed E-state index contributed by atoms with van der Waals surface area (Å²) in [5.74, 6) is -0.238. The first kappa shape index (κ1) is 21.5. The van der Waals surface area contributed by atoms with Crippen molar-refractivity contribution in [3.05, 3.63) is 77.2 Å². The van der Waals surface area contributed by atoms with Crippen LogP contribution in [0.2, 0.25) is 0 Å². The third-order valence-electron chi connectivity index (χ3n) is 5.29. The van der Waals surface area contributed by atoms with Crippen molar-refractivity contribution in [2.75, 3.05) is 29.7 Å². The second-order valence-corrected chi connectivity index (χ2v) is 10.4. The van der Waals surface area contributed by atoms with Gasteiger partial charge in [-0.2, -0.15) is 0 Å². The predicted molar refractivity (Wildman–Crippen MR) is 125 cm³/mol. The number of amides is 1. The van der Waals surface area contributed by atoms with Crippen LogP contribution in [0.1, 0.15) is 28.8 Å². The Morgan fingerprint density at radius 3 is 2.26 bits per heavy atom. The molecule has 8 heteroatoms. The fraction of sp³-hybridized carbons (Fsp3) is 0.261. The standard InChI is InChI=1S/C23H25N3O3S2/c27-23(24-20-9-5-18(6-10-20)13-16-26-14-1-2-15-26)19-7-11-21(12-8-19)25-31(28,29)22-4-3-17-30-22/h3-12,17,25H,1-2,13-16H2,(H,24,27). The van der Waals surface area contributed by atoms with E-state index in [-0.39, 0.29) is 10.1 Å². The smallest absolute Gasteiger partial charge is 0.271 e. The van der Waals surface area contributed by atoms with Gasteiger partial charge < -0.3 is 10.2 Å². The second-order valence-electron chi connectivity index (χ2n) is 7.56. The topological polar surface area (TPSA) is 78.5 Å². The number of sulfonamides is 1. The molecule has 1 aromatic heterocycles. The van der Waals surface area contributed by atoms with Crippen molar-refractivity contribution >= 4 is 38.6 Å². The average Bonchev–Trinajstić information content (AvgIpc) is 3.48. The number of nitrogens with one attached hydrogen (secondary N) is 2. The minimum atomic E-state index is -3.60. The Morgan fingerprint density at radius 2 is 1.61 bits per heavy atom. The van der Waals surface area contributed by atoms with E-state index in [0.717, 1.165) is 30.0 Å². The lowest BCUT2D eigenvalue weighted by molar-refractivity contribution is 0.102. The van der Waals surface area contributed by atoms with Gasteiger partial charge in [-0.15, -0.1) is 11.3 Å². The average molecular weight is 456 g/mol. The number of anilines is 2. The van der Waals surface area contributed by atoms with Gasteiger partial charge in [0.25, 0.3) is 15.9 Å². The van der Waals surface area contributed by atoms with Gasteiger partial charge in [0, 0.05) is 23.5 Å². The molecular formula is C23H25N3O3S2. The molecule has 1 aliphatic rings. The molecular weight excluding hydrogens is 430 g/mol. The molecule has 0 aliphatic carbocycles. The van der Waals surface area contributed by atoms with Crippen LogP contribution >= 0.6 is 11.3 Å². The molecule has 0 atom stereocenters. The van der Waals surface area contributed by atoms with Crippen LogP contribution in [-0.4, -0.2) is 38.9 Å². The van der Waals surface area contributed by atoms with Crippen molar-refractivity contribution in [1.29, 1.82) is 0 Å². The van der Waals surface area contributed by atoms with Gasteiger partial charge in [0.2, 0.25) is 0 Å². The van der Waals surface area contributed by atoms with Crippen molar-refractivity contribution in [3.63, 3.8) is 0 Å². The predicted octanol–water partition coefficient (Wildman–Crippen LogP) is 4.44. The number of likely N-dealkylation sites (tertiary alicyclic amines) is 1. The monoisotopic (exact) mass is 455 g/mol. The fourth-order valence-corrected chi connectivity index (χ4v) is 5.61. The van der Waals surface area contributed by atoms with Gasteiger partial charge in [0.1, 0.15) is 4.21 Å². The Kier molecular flexibility index (Phi) is 6.70. The Balaban J connectivity index is 1.32. The van der Waals surface area contributed by atoms with E-state index < -0.39 is 10.0 Å². The highest BCUT2D eigenvalue weighted by Crippen LogP contribution is 2.21. The summed E-state index contributed by atoms with van der Waals surface area (Å²) in [6, 6.07) is 17.5. The summed E-state index contributed by atoms with van der Waals surface area (Å²) in [7, 11) is -3.60. The van der Waals surface area contributed by atoms with Gasteiger partial charge >= 0.3 is 0 Å². The first-order valence-corrected chi connectivity index (χ1v) is 12.6. The summed E-state index contributed by atoms with van der Waals surface area (Å²) in [6.07, 6.45) is 3.61. The Bertz CT molecular complexity index is 1100. The van der Waals surface area contributed by atoms with Gasteiger partial charge in [-0.25, -0.2) is 8.42 Å². The number of hydrogen-bond donors (Lipinski definition) is 2. The van der Waals surface area contributed by atoms with Crippen molar-refractivity contribution in [2.45, 2.75) is 23.5 Å². The summed E-state index contributed by atoms with van der Waals surface area (Å²) < 4.78 is 27.3. The zero-order valence-electron chi connectivity index (χ0n) is 17.1. The quantitative estimate of drug-likeness (QED) is 0.526. The molecule has 6 nitrogen and oxygen atoms in total. The number of thiophene rings is 1. The van der Waals surface area contributed by atoms with Crippen LogP contribution < -0.4 is 10.0 Å². The van der Waals surface area contributed by atoms with Gasteiger partial charge in [-0.3, -0.25) is 9.52 Å². The highest BCUT2D eigenvalue weighted by atomic mass is 32.2. The van der Waals surface area contributed by atoms with E-state index in [1.54, 1.807) is 41.8 Å². The molecule has 2 heterocycles. The second kappa shape index (κ2) is 9.64. The molecule has 0 spiro atoms. The van der Waals surface area contributed by atoms with Crippen LogP contribution in [0.15, 0.2) is 70.3 Å². The van der Waals surface area contributed by atoms with E-state index in [2.05, 4.69) is 14.9 Å². The molecule has 162 valence electrons. The minimum absolute atomic E-state index is 0.238. The summed E-state index contributed by atoms with van der Waals surface area (Å²) in [4.78, 5) is 15.0. The van der Waals surface area contributed by atoms with E-state index in [1.165, 1.54) is 31.5 Å². The zero-order chi connectivity index (χ0) is 21.7. The maximum absolute atomic E-state index is 12.5. The lowest BCUT2D eigenvalue weighted by atomic mass is 10.1. The van der Waals surface area contributed by atoms with Crippen LogP contribution in [0.4, 0.5) is 11.4 Å². The van der Waals surface area contributed by atoms with Crippen LogP contribution in [-0.2, 0) is 16.4 Å². The molecule has 1 aliphatic heterocycles. The van der Waals surface area contributed by atoms with Gasteiger partial charge in [0.15, 0.2) is 0 Å². The number of carbonyl (C=O) groups is 1. The summed E-state index contributed by atoms with van der Waals surface area (Å²) in [5, 5.41) is 4.60. The summed E-state index contributed by atoms with van der Waals surface area (Å²) in [6.45, 7) is 3.47. The molecule has 0 saturated carbocycles. The molecule has 1 amide bonds. The van der Waals surface area contributed by atoms with Crippen molar-refractivity contribution in [2.24, 2.45) is 0 Å². The number of benzene rings is 2. The molecule has 0 unspecified atom stereocenters. The minimum Gasteiger partial charge on any atom is -0.322 e. The Labute approximate surface area is 187 Å². The Morgan fingerprint density at radius 1 is 0.935 bits per heavy atom. The third kappa shape index (κ3) is 5.72. The molecule has 2 N–H and O–H groups in total. The van der Waals surface area contributed by atoms with Crippen LogP contribution in [0.5, 0.6) is 0 Å². The van der Waals surface area contributed by atoms with Gasteiger partial charge in [-0.05, 0) is 85.8 Å². The van der Waals surface area contributed by atoms with E-state index in [1.807, 2.05) is 24.3 Å². The number of hydrogen-bond acceptors (Lipinski definition) is 5. The number of rotatable bonds is 8. The first-order valence-electron chi connectivity index (χ1n) is 10.3. The number of carbonyl (C=O) groups excluding carboxylic acids is 1. The summed E-state index contributed by atoms with van der Waals surface area (Å²) in [5.41, 5.74) is 2.86. The number of nitrogens with zero attached hydrogens (tertiary/aromatic N) is 1. The third-order valence-corrected chi connectivity index (χ3v) is 8.07. The molecule has 1 fully saturated rings. The molecule has 1 saturated heterocycles. The highest BCUT2D eigenvalue weighted by molar-refractivity contribution is 7.94. The molecule has 31 heavy (non-hydrogen) atoms. The summed E-state index contributed by atoms with van der Waals surface area (Å²) >= 11 is 1.15. The van der Waals surface area contributed by atoms with Gasteiger partial charge in [-0.1, -0.05) is 18.2 Å². The molecule has 4 rings (SSSR count). The fourth-order valence-electron chi connectivity index (χ4n) is 3.56. The molecule has 0 radical (unpaired) electrons. The largest absolute Gasteiger partial charge is 0.322 e. The molecule has 2 aromatic carbocycles. The highest BCUT2D eigenvalue weighted by Gasteiger charge is 2.15. The van der Waals surface area contributed by atoms with Crippen molar-refractivity contribution < 1.29 is 13.2 Å². The molecule has 0 bridgehead atoms.